The fraction of sp³-hybridized carbons (Fsp3) is 0.471. The third kappa shape index (κ3) is 3.67. The van der Waals surface area contributed by atoms with Crippen LogP contribution >= 0.6 is 11.3 Å². The number of aromatic nitrogens is 2. The number of nitrogens with zero attached hydrogens (tertiary/aromatic N) is 2. The van der Waals surface area contributed by atoms with Gasteiger partial charge in [-0.15, -0.1) is 11.3 Å². The van der Waals surface area contributed by atoms with E-state index in [9.17, 15) is 9.59 Å². The van der Waals surface area contributed by atoms with Crippen molar-refractivity contribution in [2.45, 2.75) is 46.1 Å². The summed E-state index contributed by atoms with van der Waals surface area (Å²) in [5.74, 6) is -0.742. The van der Waals surface area contributed by atoms with Crippen LogP contribution in [0.15, 0.2) is 11.6 Å². The van der Waals surface area contributed by atoms with Crippen LogP contribution in [-0.4, -0.2) is 28.5 Å². The predicted octanol–water partition coefficient (Wildman–Crippen LogP) is 2.92. The fourth-order valence-corrected chi connectivity index (χ4v) is 3.59. The summed E-state index contributed by atoms with van der Waals surface area (Å²) in [6.45, 7) is 4.79. The van der Waals surface area contributed by atoms with Crippen LogP contribution in [0.4, 0.5) is 0 Å². The summed E-state index contributed by atoms with van der Waals surface area (Å²) in [6.07, 6.45) is 4.46. The normalized spacial score (nSPS) is 10.8. The molecule has 130 valence electrons. The monoisotopic (exact) mass is 349 g/mol. The highest BCUT2D eigenvalue weighted by Gasteiger charge is 2.26. The number of thiazole rings is 1. The van der Waals surface area contributed by atoms with Gasteiger partial charge in [0, 0.05) is 35.1 Å². The number of amides is 1. The minimum Gasteiger partial charge on any atom is -0.469 e. The molecule has 0 saturated heterocycles. The van der Waals surface area contributed by atoms with E-state index < -0.39 is 5.91 Å². The molecule has 0 saturated carbocycles. The molecule has 2 heterocycles. The topological polar surface area (TPSA) is 87.2 Å². The van der Waals surface area contributed by atoms with Gasteiger partial charge in [-0.3, -0.25) is 9.59 Å². The quantitative estimate of drug-likeness (QED) is 0.742. The molecule has 1 amide bonds. The summed E-state index contributed by atoms with van der Waals surface area (Å²) in [6, 6.07) is 0. The van der Waals surface area contributed by atoms with Crippen LogP contribution in [-0.2, 0) is 22.5 Å². The Bertz CT molecular complexity index is 720. The van der Waals surface area contributed by atoms with E-state index in [4.69, 9.17) is 10.5 Å². The van der Waals surface area contributed by atoms with Crippen molar-refractivity contribution in [1.29, 1.82) is 0 Å². The highest BCUT2D eigenvalue weighted by Crippen LogP contribution is 2.35. The van der Waals surface area contributed by atoms with Gasteiger partial charge >= 0.3 is 5.97 Å². The van der Waals surface area contributed by atoms with Gasteiger partial charge in [0.2, 0.25) is 0 Å². The van der Waals surface area contributed by atoms with Gasteiger partial charge < -0.3 is 15.0 Å². The molecule has 2 aromatic heterocycles. The Hall–Kier alpha value is -2.15. The second-order valence-corrected chi connectivity index (χ2v) is 6.46. The number of primary amides is 1. The first kappa shape index (κ1) is 18.2. The number of esters is 1. The number of carbonyl (C=O) groups is 2. The van der Waals surface area contributed by atoms with E-state index in [0.29, 0.717) is 12.0 Å². The average Bonchev–Trinajstić information content (AvgIpc) is 3.16. The van der Waals surface area contributed by atoms with Crippen molar-refractivity contribution >= 4 is 23.2 Å². The Balaban J connectivity index is 2.59. The van der Waals surface area contributed by atoms with Crippen LogP contribution < -0.4 is 5.73 Å². The summed E-state index contributed by atoms with van der Waals surface area (Å²) < 4.78 is 6.86. The fourth-order valence-electron chi connectivity index (χ4n) is 2.88. The molecule has 2 aromatic rings. The van der Waals surface area contributed by atoms with Gasteiger partial charge in [0.15, 0.2) is 0 Å². The van der Waals surface area contributed by atoms with Crippen molar-refractivity contribution in [1.82, 2.24) is 9.55 Å². The number of carbonyl (C=O) groups excluding carboxylic acids is 2. The van der Waals surface area contributed by atoms with Crippen LogP contribution in [0.3, 0.4) is 0 Å². The number of hydrogen-bond donors (Lipinski definition) is 1. The van der Waals surface area contributed by atoms with Gasteiger partial charge in [-0.2, -0.15) is 0 Å². The van der Waals surface area contributed by atoms with Gasteiger partial charge in [0.25, 0.3) is 5.91 Å². The third-order valence-electron chi connectivity index (χ3n) is 4.05. The number of methoxy groups -OCH3 is 1. The maximum absolute atomic E-state index is 12.1. The summed E-state index contributed by atoms with van der Waals surface area (Å²) in [4.78, 5) is 28.0. The Kier molecular flexibility index (Phi) is 6.14. The molecule has 0 fully saturated rings. The lowest BCUT2D eigenvalue weighted by Gasteiger charge is -2.12. The van der Waals surface area contributed by atoms with Gasteiger partial charge in [-0.05, 0) is 19.8 Å². The zero-order chi connectivity index (χ0) is 17.7. The number of unbranched alkanes of at least 4 members (excludes halogenated alkanes) is 1. The molecule has 0 unspecified atom stereocenters. The molecule has 0 aliphatic carbocycles. The molecule has 2 N–H and O–H groups in total. The van der Waals surface area contributed by atoms with Crippen LogP contribution in [0.1, 0.15) is 47.9 Å². The Morgan fingerprint density at radius 3 is 2.71 bits per heavy atom. The van der Waals surface area contributed by atoms with E-state index in [1.807, 2.05) is 12.3 Å². The molecular weight excluding hydrogens is 326 g/mol. The van der Waals surface area contributed by atoms with Crippen molar-refractivity contribution in [3.05, 3.63) is 28.5 Å². The van der Waals surface area contributed by atoms with Gasteiger partial charge in [-0.1, -0.05) is 13.3 Å². The number of ether oxygens (including phenoxy) is 1. The van der Waals surface area contributed by atoms with Crippen LogP contribution in [0.5, 0.6) is 0 Å². The van der Waals surface area contributed by atoms with E-state index >= 15 is 0 Å². The molecule has 0 bridgehead atoms. The summed E-state index contributed by atoms with van der Waals surface area (Å²) in [7, 11) is 1.38. The zero-order valence-corrected chi connectivity index (χ0v) is 15.1. The highest BCUT2D eigenvalue weighted by molar-refractivity contribution is 7.13. The Labute approximate surface area is 145 Å². The van der Waals surface area contributed by atoms with E-state index in [1.165, 1.54) is 18.4 Å². The molecule has 0 radical (unpaired) electrons. The SMILES string of the molecule is CCCCn1c(C)c(C(N)=O)c(-c2nccs2)c1CCC(=O)OC. The molecule has 24 heavy (non-hydrogen) atoms. The standard InChI is InChI=1S/C17H23N3O3S/c1-4-5-9-20-11(2)14(16(18)22)15(17-19-8-10-24-17)12(20)6-7-13(21)23-3/h8,10H,4-7,9H2,1-3H3,(H2,18,22). The van der Waals surface area contributed by atoms with Crippen LogP contribution in [0, 0.1) is 6.92 Å². The van der Waals surface area contributed by atoms with E-state index in [-0.39, 0.29) is 12.4 Å². The molecular formula is C17H23N3O3S. The number of nitrogens with two attached hydrogens (primary N) is 1. The largest absolute Gasteiger partial charge is 0.469 e. The molecule has 0 aliphatic rings. The second kappa shape index (κ2) is 8.10. The summed E-state index contributed by atoms with van der Waals surface area (Å²) >= 11 is 1.46. The van der Waals surface area contributed by atoms with Gasteiger partial charge in [0.1, 0.15) is 5.01 Å². The lowest BCUT2D eigenvalue weighted by Crippen LogP contribution is -2.13. The lowest BCUT2D eigenvalue weighted by molar-refractivity contribution is -0.140. The van der Waals surface area contributed by atoms with Crippen LogP contribution in [0.25, 0.3) is 10.6 Å². The summed E-state index contributed by atoms with van der Waals surface area (Å²) in [5, 5.41) is 2.62. The van der Waals surface area contributed by atoms with Crippen molar-refractivity contribution in [2.24, 2.45) is 5.73 Å². The van der Waals surface area contributed by atoms with Crippen LogP contribution in [0.2, 0.25) is 0 Å². The lowest BCUT2D eigenvalue weighted by atomic mass is 10.1. The first-order chi connectivity index (χ1) is 11.5. The van der Waals surface area contributed by atoms with Crippen molar-refractivity contribution in [2.75, 3.05) is 7.11 Å². The maximum Gasteiger partial charge on any atom is 0.305 e. The summed E-state index contributed by atoms with van der Waals surface area (Å²) in [5.41, 5.74) is 8.67. The molecule has 0 atom stereocenters. The van der Waals surface area contributed by atoms with Gasteiger partial charge in [0.05, 0.1) is 19.1 Å². The molecule has 6 nitrogen and oxygen atoms in total. The minimum absolute atomic E-state index is 0.253. The molecule has 0 aromatic carbocycles. The first-order valence-corrected chi connectivity index (χ1v) is 8.87. The molecule has 0 aliphatic heterocycles. The Morgan fingerprint density at radius 1 is 1.42 bits per heavy atom. The highest BCUT2D eigenvalue weighted by atomic mass is 32.1. The molecule has 0 spiro atoms. The molecule has 2 rings (SSSR count). The van der Waals surface area contributed by atoms with E-state index in [0.717, 1.165) is 41.3 Å². The first-order valence-electron chi connectivity index (χ1n) is 7.99. The van der Waals surface area contributed by atoms with Crippen molar-refractivity contribution in [3.8, 4) is 10.6 Å². The maximum atomic E-state index is 12.1. The van der Waals surface area contributed by atoms with E-state index in [2.05, 4.69) is 16.5 Å². The van der Waals surface area contributed by atoms with Crippen molar-refractivity contribution in [3.63, 3.8) is 0 Å². The number of rotatable bonds is 8. The molecule has 7 heteroatoms. The van der Waals surface area contributed by atoms with Gasteiger partial charge in [-0.25, -0.2) is 4.98 Å². The predicted molar refractivity (Wildman–Crippen MR) is 94.0 cm³/mol. The smallest absolute Gasteiger partial charge is 0.305 e. The zero-order valence-electron chi connectivity index (χ0n) is 14.3. The minimum atomic E-state index is -0.465. The Morgan fingerprint density at radius 2 is 2.17 bits per heavy atom. The van der Waals surface area contributed by atoms with E-state index in [1.54, 1.807) is 6.20 Å². The second-order valence-electron chi connectivity index (χ2n) is 5.56. The average molecular weight is 349 g/mol. The third-order valence-corrected chi connectivity index (χ3v) is 4.84. The van der Waals surface area contributed by atoms with Crippen molar-refractivity contribution < 1.29 is 14.3 Å². The number of hydrogen-bond acceptors (Lipinski definition) is 5.